The fourth-order valence-corrected chi connectivity index (χ4v) is 2.30. The number of benzene rings is 1. The lowest BCUT2D eigenvalue weighted by atomic mass is 10.2. The molecule has 0 amide bonds. The summed E-state index contributed by atoms with van der Waals surface area (Å²) >= 11 is 11.9. The number of halogens is 2. The summed E-state index contributed by atoms with van der Waals surface area (Å²) in [5.74, 6) is 1.24. The van der Waals surface area contributed by atoms with Crippen LogP contribution in [0.1, 0.15) is 17.0 Å². The second kappa shape index (κ2) is 7.83. The number of hydrogen-bond donors (Lipinski definition) is 2. The van der Waals surface area contributed by atoms with Crippen LogP contribution in [0, 0.1) is 13.8 Å². The molecule has 0 spiro atoms. The van der Waals surface area contributed by atoms with E-state index >= 15 is 0 Å². The molecule has 1 aromatic carbocycles. The van der Waals surface area contributed by atoms with Crippen LogP contribution >= 0.6 is 23.2 Å². The molecule has 0 saturated carbocycles. The molecule has 0 aliphatic carbocycles. The highest BCUT2D eigenvalue weighted by Crippen LogP contribution is 2.31. The van der Waals surface area contributed by atoms with Crippen molar-refractivity contribution in [3.05, 3.63) is 45.3 Å². The van der Waals surface area contributed by atoms with E-state index in [1.54, 1.807) is 18.2 Å². The summed E-state index contributed by atoms with van der Waals surface area (Å²) in [6, 6.07) is 5.13. The lowest BCUT2D eigenvalue weighted by molar-refractivity contribution is 0.106. The fraction of sp³-hybridized carbons (Fsp3) is 0.400. The highest BCUT2D eigenvalue weighted by atomic mass is 35.5. The molecule has 1 unspecified atom stereocenters. The van der Waals surface area contributed by atoms with Gasteiger partial charge in [-0.2, -0.15) is 0 Å². The highest BCUT2D eigenvalue weighted by molar-refractivity contribution is 6.42. The Morgan fingerprint density at radius 3 is 2.82 bits per heavy atom. The summed E-state index contributed by atoms with van der Waals surface area (Å²) in [5, 5.41) is 17.7. The van der Waals surface area contributed by atoms with Crippen LogP contribution in [0.15, 0.2) is 22.7 Å². The number of nitrogens with zero attached hydrogens (tertiary/aromatic N) is 1. The fourth-order valence-electron chi connectivity index (χ4n) is 1.96. The zero-order chi connectivity index (χ0) is 16.1. The van der Waals surface area contributed by atoms with Crippen molar-refractivity contribution in [3.63, 3.8) is 0 Å². The van der Waals surface area contributed by atoms with Crippen molar-refractivity contribution in [2.75, 3.05) is 13.2 Å². The maximum atomic E-state index is 9.94. The van der Waals surface area contributed by atoms with Crippen LogP contribution in [-0.4, -0.2) is 29.5 Å². The Morgan fingerprint density at radius 1 is 1.36 bits per heavy atom. The molecular formula is C15H18Cl2N2O3. The first-order chi connectivity index (χ1) is 10.5. The Bertz CT molecular complexity index is 612. The predicted molar refractivity (Wildman–Crippen MR) is 85.6 cm³/mol. The van der Waals surface area contributed by atoms with Crippen LogP contribution in [0.25, 0.3) is 0 Å². The van der Waals surface area contributed by atoms with Gasteiger partial charge in [0.15, 0.2) is 0 Å². The topological polar surface area (TPSA) is 67.5 Å². The van der Waals surface area contributed by atoms with Gasteiger partial charge in [0.05, 0.1) is 10.7 Å². The number of aliphatic hydroxyl groups excluding tert-OH is 1. The monoisotopic (exact) mass is 344 g/mol. The molecule has 2 aromatic rings. The molecule has 1 atom stereocenters. The molecule has 22 heavy (non-hydrogen) atoms. The second-order valence-electron chi connectivity index (χ2n) is 4.95. The van der Waals surface area contributed by atoms with Crippen LogP contribution in [-0.2, 0) is 6.54 Å². The molecule has 7 heteroatoms. The first-order valence-electron chi connectivity index (χ1n) is 6.86. The number of hydrogen-bond acceptors (Lipinski definition) is 5. The third-order valence-electron chi connectivity index (χ3n) is 3.21. The first kappa shape index (κ1) is 17.1. The maximum Gasteiger partial charge on any atom is 0.139 e. The van der Waals surface area contributed by atoms with E-state index < -0.39 is 6.10 Å². The van der Waals surface area contributed by atoms with Crippen LogP contribution in [0.4, 0.5) is 0 Å². The lowest BCUT2D eigenvalue weighted by Gasteiger charge is -2.14. The number of rotatable bonds is 7. The number of aromatic nitrogens is 1. The largest absolute Gasteiger partial charge is 0.489 e. The smallest absolute Gasteiger partial charge is 0.139 e. The molecule has 0 aliphatic rings. The van der Waals surface area contributed by atoms with Crippen LogP contribution in [0.2, 0.25) is 10.0 Å². The minimum Gasteiger partial charge on any atom is -0.489 e. The summed E-state index contributed by atoms with van der Waals surface area (Å²) < 4.78 is 10.6. The number of ether oxygens (including phenoxy) is 1. The Kier molecular flexibility index (Phi) is 6.08. The van der Waals surface area contributed by atoms with Gasteiger partial charge in [-0.3, -0.25) is 0 Å². The van der Waals surface area contributed by atoms with Crippen molar-refractivity contribution in [3.8, 4) is 5.75 Å². The van der Waals surface area contributed by atoms with Crippen molar-refractivity contribution in [2.45, 2.75) is 26.5 Å². The van der Waals surface area contributed by atoms with Crippen molar-refractivity contribution >= 4 is 23.2 Å². The first-order valence-corrected chi connectivity index (χ1v) is 7.62. The standard InChI is InChI=1S/C15H18Cl2N2O3/c1-9-12(10(2)22-19-9)7-18-6-11(20)8-21-14-5-3-4-13(16)15(14)17/h3-5,11,18,20H,6-8H2,1-2H3. The summed E-state index contributed by atoms with van der Waals surface area (Å²) in [6.45, 7) is 4.82. The highest BCUT2D eigenvalue weighted by Gasteiger charge is 2.11. The van der Waals surface area contributed by atoms with Crippen molar-refractivity contribution in [2.24, 2.45) is 0 Å². The SMILES string of the molecule is Cc1noc(C)c1CNCC(O)COc1cccc(Cl)c1Cl. The van der Waals surface area contributed by atoms with Gasteiger partial charge in [0.1, 0.15) is 29.2 Å². The van der Waals surface area contributed by atoms with Gasteiger partial charge in [-0.1, -0.05) is 34.4 Å². The maximum absolute atomic E-state index is 9.94. The van der Waals surface area contributed by atoms with Crippen LogP contribution in [0.5, 0.6) is 5.75 Å². The molecule has 0 saturated heterocycles. The van der Waals surface area contributed by atoms with Crippen LogP contribution in [0.3, 0.4) is 0 Å². The minimum atomic E-state index is -0.671. The molecule has 1 aromatic heterocycles. The zero-order valence-corrected chi connectivity index (χ0v) is 13.9. The Balaban J connectivity index is 1.76. The van der Waals surface area contributed by atoms with E-state index in [0.717, 1.165) is 17.0 Å². The van der Waals surface area contributed by atoms with Gasteiger partial charge in [-0.15, -0.1) is 0 Å². The molecule has 0 aliphatic heterocycles. The molecule has 0 radical (unpaired) electrons. The molecule has 2 N–H and O–H groups in total. The summed E-state index contributed by atoms with van der Waals surface area (Å²) in [7, 11) is 0. The number of aliphatic hydroxyl groups is 1. The van der Waals surface area contributed by atoms with Crippen molar-refractivity contribution < 1.29 is 14.4 Å². The van der Waals surface area contributed by atoms with E-state index in [2.05, 4.69) is 10.5 Å². The molecule has 0 bridgehead atoms. The summed E-state index contributed by atoms with van der Waals surface area (Å²) in [4.78, 5) is 0. The van der Waals surface area contributed by atoms with Crippen LogP contribution < -0.4 is 10.1 Å². The second-order valence-corrected chi connectivity index (χ2v) is 5.74. The quantitative estimate of drug-likeness (QED) is 0.807. The average Bonchev–Trinajstić information content (AvgIpc) is 2.80. The van der Waals surface area contributed by atoms with Crippen molar-refractivity contribution in [1.29, 1.82) is 0 Å². The summed E-state index contributed by atoms with van der Waals surface area (Å²) in [5.41, 5.74) is 1.85. The van der Waals surface area contributed by atoms with Gasteiger partial charge in [0.2, 0.25) is 0 Å². The molecule has 0 fully saturated rings. The van der Waals surface area contributed by atoms with E-state index in [1.165, 1.54) is 0 Å². The zero-order valence-electron chi connectivity index (χ0n) is 12.4. The van der Waals surface area contributed by atoms with Gasteiger partial charge in [-0.05, 0) is 26.0 Å². The van der Waals surface area contributed by atoms with E-state index in [1.807, 2.05) is 13.8 Å². The molecule has 120 valence electrons. The van der Waals surface area contributed by atoms with E-state index in [4.69, 9.17) is 32.5 Å². The number of nitrogens with one attached hydrogen (secondary N) is 1. The van der Waals surface area contributed by atoms with Crippen molar-refractivity contribution in [1.82, 2.24) is 10.5 Å². The minimum absolute atomic E-state index is 0.120. The normalized spacial score (nSPS) is 12.4. The van der Waals surface area contributed by atoms with Gasteiger partial charge in [0.25, 0.3) is 0 Å². The molecule has 5 nitrogen and oxygen atoms in total. The summed E-state index contributed by atoms with van der Waals surface area (Å²) in [6.07, 6.45) is -0.671. The average molecular weight is 345 g/mol. The van der Waals surface area contributed by atoms with Gasteiger partial charge < -0.3 is 19.7 Å². The molecule has 2 rings (SSSR count). The van der Waals surface area contributed by atoms with E-state index in [-0.39, 0.29) is 6.61 Å². The Morgan fingerprint density at radius 2 is 2.14 bits per heavy atom. The van der Waals surface area contributed by atoms with Gasteiger partial charge in [0, 0.05) is 18.7 Å². The van der Waals surface area contributed by atoms with E-state index in [9.17, 15) is 5.11 Å². The van der Waals surface area contributed by atoms with Gasteiger partial charge in [-0.25, -0.2) is 0 Å². The van der Waals surface area contributed by atoms with E-state index in [0.29, 0.717) is 28.9 Å². The predicted octanol–water partition coefficient (Wildman–Crippen LogP) is 3.13. The third kappa shape index (κ3) is 4.36. The lowest BCUT2D eigenvalue weighted by Crippen LogP contribution is -2.31. The third-order valence-corrected chi connectivity index (χ3v) is 4.01. The Hall–Kier alpha value is -1.27. The Labute approximate surface area is 139 Å². The molecule has 1 heterocycles. The number of aryl methyl sites for hydroxylation is 2. The molecular weight excluding hydrogens is 327 g/mol. The van der Waals surface area contributed by atoms with Gasteiger partial charge >= 0.3 is 0 Å².